The predicted octanol–water partition coefficient (Wildman–Crippen LogP) is 4.13. The molecule has 0 spiro atoms. The molecule has 0 aliphatic rings. The van der Waals surface area contributed by atoms with Crippen LogP contribution in [-0.4, -0.2) is 19.8 Å². The lowest BCUT2D eigenvalue weighted by atomic mass is 10.00. The number of nitrogens with one attached hydrogen (secondary N) is 1. The van der Waals surface area contributed by atoms with Crippen molar-refractivity contribution in [3.8, 4) is 0 Å². The topological polar surface area (TPSA) is 21.3 Å². The van der Waals surface area contributed by atoms with E-state index in [9.17, 15) is 0 Å². The Morgan fingerprint density at radius 1 is 0.947 bits per heavy atom. The van der Waals surface area contributed by atoms with E-state index in [0.29, 0.717) is 17.9 Å². The second kappa shape index (κ2) is 8.34. The molecule has 19 heavy (non-hydrogen) atoms. The summed E-state index contributed by atoms with van der Waals surface area (Å²) in [4.78, 5) is 0. The van der Waals surface area contributed by atoms with Crippen molar-refractivity contribution in [1.29, 1.82) is 0 Å². The first kappa shape index (κ1) is 16.2. The fourth-order valence-corrected chi connectivity index (χ4v) is 1.95. The Bertz CT molecular complexity index is 343. The van der Waals surface area contributed by atoms with Crippen LogP contribution < -0.4 is 5.32 Å². The number of benzene rings is 1. The van der Waals surface area contributed by atoms with Gasteiger partial charge in [0, 0.05) is 19.2 Å². The van der Waals surface area contributed by atoms with Crippen LogP contribution in [0, 0.1) is 5.92 Å². The Balaban J connectivity index is 2.31. The van der Waals surface area contributed by atoms with Crippen molar-refractivity contribution in [2.75, 3.05) is 19.8 Å². The molecule has 0 saturated carbocycles. The Hall–Kier alpha value is -0.860. The average Bonchev–Trinajstić information content (AvgIpc) is 2.37. The van der Waals surface area contributed by atoms with Crippen LogP contribution in [0.25, 0.3) is 0 Å². The molecule has 0 heterocycles. The van der Waals surface area contributed by atoms with E-state index in [0.717, 1.165) is 19.8 Å². The minimum absolute atomic E-state index is 0.379. The SMILES string of the molecule is CC(C)COCCNC(C)c1ccc(C(C)C)cc1. The van der Waals surface area contributed by atoms with Crippen molar-refractivity contribution >= 4 is 0 Å². The standard InChI is InChI=1S/C17H29NO/c1-13(2)12-19-11-10-18-15(5)17-8-6-16(7-9-17)14(3)4/h6-9,13-15,18H,10-12H2,1-5H3. The van der Waals surface area contributed by atoms with Crippen LogP contribution in [0.2, 0.25) is 0 Å². The fraction of sp³-hybridized carbons (Fsp3) is 0.647. The quantitative estimate of drug-likeness (QED) is 0.712. The van der Waals surface area contributed by atoms with Gasteiger partial charge in [0.15, 0.2) is 0 Å². The molecule has 0 bridgehead atoms. The number of ether oxygens (including phenoxy) is 1. The highest BCUT2D eigenvalue weighted by molar-refractivity contribution is 5.26. The van der Waals surface area contributed by atoms with Gasteiger partial charge < -0.3 is 10.1 Å². The van der Waals surface area contributed by atoms with E-state index in [1.165, 1.54) is 11.1 Å². The Labute approximate surface area is 118 Å². The maximum atomic E-state index is 5.57. The van der Waals surface area contributed by atoms with E-state index in [1.54, 1.807) is 0 Å². The predicted molar refractivity (Wildman–Crippen MR) is 82.6 cm³/mol. The molecule has 0 amide bonds. The highest BCUT2D eigenvalue weighted by Gasteiger charge is 2.05. The molecule has 0 aromatic heterocycles. The third-order valence-electron chi connectivity index (χ3n) is 3.25. The first-order chi connectivity index (χ1) is 9.00. The van der Waals surface area contributed by atoms with Crippen LogP contribution >= 0.6 is 0 Å². The second-order valence-electron chi connectivity index (χ2n) is 5.97. The molecule has 0 saturated heterocycles. The molecule has 2 heteroatoms. The van der Waals surface area contributed by atoms with Crippen LogP contribution in [-0.2, 0) is 4.74 Å². The summed E-state index contributed by atoms with van der Waals surface area (Å²) in [5.74, 6) is 1.21. The van der Waals surface area contributed by atoms with Crippen molar-refractivity contribution in [2.45, 2.75) is 46.6 Å². The van der Waals surface area contributed by atoms with Crippen LogP contribution in [0.1, 0.15) is 57.7 Å². The average molecular weight is 263 g/mol. The lowest BCUT2D eigenvalue weighted by molar-refractivity contribution is 0.110. The minimum Gasteiger partial charge on any atom is -0.380 e. The van der Waals surface area contributed by atoms with E-state index in [1.807, 2.05) is 0 Å². The maximum Gasteiger partial charge on any atom is 0.0591 e. The molecule has 108 valence electrons. The van der Waals surface area contributed by atoms with Gasteiger partial charge in [-0.05, 0) is 29.9 Å². The third kappa shape index (κ3) is 6.22. The summed E-state index contributed by atoms with van der Waals surface area (Å²) in [7, 11) is 0. The summed E-state index contributed by atoms with van der Waals surface area (Å²) in [5, 5.41) is 3.50. The van der Waals surface area contributed by atoms with Gasteiger partial charge in [-0.25, -0.2) is 0 Å². The molecule has 1 atom stereocenters. The van der Waals surface area contributed by atoms with Gasteiger partial charge in [-0.2, -0.15) is 0 Å². The van der Waals surface area contributed by atoms with Crippen molar-refractivity contribution in [1.82, 2.24) is 5.32 Å². The van der Waals surface area contributed by atoms with Gasteiger partial charge >= 0.3 is 0 Å². The Morgan fingerprint density at radius 3 is 2.05 bits per heavy atom. The minimum atomic E-state index is 0.379. The number of rotatable bonds is 8. The lowest BCUT2D eigenvalue weighted by Gasteiger charge is -2.16. The normalized spacial score (nSPS) is 13.2. The third-order valence-corrected chi connectivity index (χ3v) is 3.25. The van der Waals surface area contributed by atoms with E-state index in [2.05, 4.69) is 64.2 Å². The molecular weight excluding hydrogens is 234 g/mol. The highest BCUT2D eigenvalue weighted by Crippen LogP contribution is 2.18. The van der Waals surface area contributed by atoms with Crippen molar-refractivity contribution in [3.63, 3.8) is 0 Å². The van der Waals surface area contributed by atoms with Crippen LogP contribution in [0.4, 0.5) is 0 Å². The van der Waals surface area contributed by atoms with Crippen molar-refractivity contribution in [2.24, 2.45) is 5.92 Å². The van der Waals surface area contributed by atoms with Crippen molar-refractivity contribution < 1.29 is 4.74 Å². The molecule has 1 N–H and O–H groups in total. The monoisotopic (exact) mass is 263 g/mol. The van der Waals surface area contributed by atoms with E-state index in [4.69, 9.17) is 4.74 Å². The van der Waals surface area contributed by atoms with Gasteiger partial charge in [-0.1, -0.05) is 52.0 Å². The van der Waals surface area contributed by atoms with E-state index >= 15 is 0 Å². The van der Waals surface area contributed by atoms with Gasteiger partial charge in [0.05, 0.1) is 6.61 Å². The molecule has 2 nitrogen and oxygen atoms in total. The fourth-order valence-electron chi connectivity index (χ4n) is 1.95. The molecule has 1 rings (SSSR count). The zero-order chi connectivity index (χ0) is 14.3. The molecule has 1 aromatic carbocycles. The maximum absolute atomic E-state index is 5.57. The molecule has 0 aliphatic heterocycles. The van der Waals surface area contributed by atoms with E-state index < -0.39 is 0 Å². The van der Waals surface area contributed by atoms with Crippen LogP contribution in [0.15, 0.2) is 24.3 Å². The van der Waals surface area contributed by atoms with E-state index in [-0.39, 0.29) is 0 Å². The van der Waals surface area contributed by atoms with Crippen LogP contribution in [0.5, 0.6) is 0 Å². The zero-order valence-electron chi connectivity index (χ0n) is 13.1. The summed E-state index contributed by atoms with van der Waals surface area (Å²) in [6, 6.07) is 9.29. The van der Waals surface area contributed by atoms with Crippen molar-refractivity contribution in [3.05, 3.63) is 35.4 Å². The lowest BCUT2D eigenvalue weighted by Crippen LogP contribution is -2.23. The van der Waals surface area contributed by atoms with Gasteiger partial charge in [-0.3, -0.25) is 0 Å². The summed E-state index contributed by atoms with van der Waals surface area (Å²) in [5.41, 5.74) is 2.74. The molecule has 0 radical (unpaired) electrons. The second-order valence-corrected chi connectivity index (χ2v) is 5.97. The summed E-state index contributed by atoms with van der Waals surface area (Å²) in [6.45, 7) is 13.5. The first-order valence-electron chi connectivity index (χ1n) is 7.41. The molecule has 0 aliphatic carbocycles. The Kier molecular flexibility index (Phi) is 7.11. The number of hydrogen-bond acceptors (Lipinski definition) is 2. The summed E-state index contributed by atoms with van der Waals surface area (Å²) in [6.07, 6.45) is 0. The summed E-state index contributed by atoms with van der Waals surface area (Å²) >= 11 is 0. The number of hydrogen-bond donors (Lipinski definition) is 1. The first-order valence-corrected chi connectivity index (χ1v) is 7.41. The molecule has 1 unspecified atom stereocenters. The van der Waals surface area contributed by atoms with Gasteiger partial charge in [-0.15, -0.1) is 0 Å². The molecule has 0 fully saturated rings. The smallest absolute Gasteiger partial charge is 0.0591 e. The van der Waals surface area contributed by atoms with Crippen LogP contribution in [0.3, 0.4) is 0 Å². The zero-order valence-corrected chi connectivity index (χ0v) is 13.1. The summed E-state index contributed by atoms with van der Waals surface area (Å²) < 4.78 is 5.57. The Morgan fingerprint density at radius 2 is 1.53 bits per heavy atom. The van der Waals surface area contributed by atoms with Gasteiger partial charge in [0.2, 0.25) is 0 Å². The molecule has 1 aromatic rings. The molecular formula is C17H29NO. The largest absolute Gasteiger partial charge is 0.380 e. The van der Waals surface area contributed by atoms with Gasteiger partial charge in [0.1, 0.15) is 0 Å². The highest BCUT2D eigenvalue weighted by atomic mass is 16.5. The van der Waals surface area contributed by atoms with Gasteiger partial charge in [0.25, 0.3) is 0 Å².